The largest absolute Gasteiger partial charge is 0.481 e. The highest BCUT2D eigenvalue weighted by Gasteiger charge is 2.29. The number of hydrogen-bond acceptors (Lipinski definition) is 4. The summed E-state index contributed by atoms with van der Waals surface area (Å²) in [6.07, 6.45) is 0. The first-order valence-electron chi connectivity index (χ1n) is 9.31. The van der Waals surface area contributed by atoms with E-state index in [1.807, 2.05) is 37.3 Å². The Labute approximate surface area is 179 Å². The first-order valence-corrected chi connectivity index (χ1v) is 9.69. The number of rotatable bonds is 5. The Bertz CT molecular complexity index is 1160. The number of aromatic nitrogens is 2. The van der Waals surface area contributed by atoms with Crippen LogP contribution in [0.2, 0.25) is 5.02 Å². The minimum Gasteiger partial charge on any atom is -0.481 e. The third-order valence-electron chi connectivity index (χ3n) is 5.17. The van der Waals surface area contributed by atoms with Crippen LogP contribution in [-0.2, 0) is 10.2 Å². The summed E-state index contributed by atoms with van der Waals surface area (Å²) in [4.78, 5) is 31.9. The molecule has 2 aromatic carbocycles. The Kier molecular flexibility index (Phi) is 5.63. The number of carbonyl (C=O) groups is 2. The Morgan fingerprint density at radius 3 is 2.10 bits per heavy atom. The van der Waals surface area contributed by atoms with Crippen molar-refractivity contribution < 1.29 is 14.7 Å². The Morgan fingerprint density at radius 1 is 0.967 bits per heavy atom. The van der Waals surface area contributed by atoms with Gasteiger partial charge in [-0.05, 0) is 44.9 Å². The molecule has 1 heterocycles. The van der Waals surface area contributed by atoms with E-state index in [1.165, 1.54) is 0 Å². The average molecular weight is 424 g/mol. The van der Waals surface area contributed by atoms with Gasteiger partial charge in [0.2, 0.25) is 0 Å². The van der Waals surface area contributed by atoms with Gasteiger partial charge in [-0.25, -0.2) is 4.98 Å². The van der Waals surface area contributed by atoms with Crippen molar-refractivity contribution in [2.24, 2.45) is 5.73 Å². The minimum absolute atomic E-state index is 0.152. The maximum absolute atomic E-state index is 11.6. The molecule has 30 heavy (non-hydrogen) atoms. The van der Waals surface area contributed by atoms with E-state index in [0.29, 0.717) is 27.7 Å². The second-order valence-electron chi connectivity index (χ2n) is 7.66. The van der Waals surface area contributed by atoms with Crippen LogP contribution in [0, 0.1) is 13.8 Å². The van der Waals surface area contributed by atoms with Crippen molar-refractivity contribution in [3.05, 3.63) is 70.1 Å². The van der Waals surface area contributed by atoms with E-state index < -0.39 is 17.3 Å². The summed E-state index contributed by atoms with van der Waals surface area (Å²) in [6, 6.07) is 12.8. The Balaban J connectivity index is 1.98. The first-order chi connectivity index (χ1) is 14.0. The number of amides is 1. The highest BCUT2D eigenvalue weighted by Crippen LogP contribution is 2.34. The molecule has 0 aliphatic carbocycles. The molecule has 0 radical (unpaired) electrons. The van der Waals surface area contributed by atoms with Crippen LogP contribution >= 0.6 is 11.6 Å². The number of nitrogens with zero attached hydrogens (tertiary/aromatic N) is 2. The average Bonchev–Trinajstić information content (AvgIpc) is 2.68. The quantitative estimate of drug-likeness (QED) is 0.626. The standard InChI is InChI=1S/C23H22ClN3O3/c1-12-19(27-20(21(25)28)13(2)26-12)15-7-5-14(6-8-15)17-10-9-16(11-18(17)24)23(3,4)22(29)30/h5-11H,1-4H3,(H2,25,28)(H,29,30). The zero-order valence-corrected chi connectivity index (χ0v) is 17.9. The van der Waals surface area contributed by atoms with Crippen LogP contribution in [0.4, 0.5) is 0 Å². The van der Waals surface area contributed by atoms with E-state index in [2.05, 4.69) is 9.97 Å². The molecule has 0 aliphatic rings. The van der Waals surface area contributed by atoms with Crippen molar-refractivity contribution in [1.29, 1.82) is 0 Å². The highest BCUT2D eigenvalue weighted by atomic mass is 35.5. The number of carbonyl (C=O) groups excluding carboxylic acids is 1. The fourth-order valence-corrected chi connectivity index (χ4v) is 3.50. The molecule has 0 aliphatic heterocycles. The van der Waals surface area contributed by atoms with Crippen LogP contribution in [0.25, 0.3) is 22.4 Å². The van der Waals surface area contributed by atoms with Gasteiger partial charge in [0.15, 0.2) is 0 Å². The zero-order chi connectivity index (χ0) is 22.2. The summed E-state index contributed by atoms with van der Waals surface area (Å²) in [6.45, 7) is 6.81. The summed E-state index contributed by atoms with van der Waals surface area (Å²) in [5.41, 5.74) is 9.38. The number of aryl methyl sites for hydroxylation is 2. The molecule has 0 saturated carbocycles. The normalized spacial score (nSPS) is 11.4. The maximum Gasteiger partial charge on any atom is 0.313 e. The number of primary amides is 1. The summed E-state index contributed by atoms with van der Waals surface area (Å²) in [5, 5.41) is 9.89. The number of nitrogens with two attached hydrogens (primary N) is 1. The third kappa shape index (κ3) is 3.91. The first kappa shape index (κ1) is 21.5. The summed E-state index contributed by atoms with van der Waals surface area (Å²) < 4.78 is 0. The van der Waals surface area contributed by atoms with E-state index in [1.54, 1.807) is 32.9 Å². The SMILES string of the molecule is Cc1nc(C)c(-c2ccc(-c3ccc(C(C)(C)C(=O)O)cc3Cl)cc2)nc1C(N)=O. The lowest BCUT2D eigenvalue weighted by molar-refractivity contribution is -0.142. The van der Waals surface area contributed by atoms with E-state index in [4.69, 9.17) is 17.3 Å². The number of aliphatic carboxylic acids is 1. The second-order valence-corrected chi connectivity index (χ2v) is 8.07. The molecule has 154 valence electrons. The molecular formula is C23H22ClN3O3. The van der Waals surface area contributed by atoms with E-state index in [0.717, 1.165) is 16.7 Å². The van der Waals surface area contributed by atoms with Gasteiger partial charge in [-0.2, -0.15) is 0 Å². The molecule has 0 bridgehead atoms. The number of hydrogen-bond donors (Lipinski definition) is 2. The molecular weight excluding hydrogens is 402 g/mol. The van der Waals surface area contributed by atoms with Gasteiger partial charge in [0.05, 0.1) is 22.5 Å². The summed E-state index contributed by atoms with van der Waals surface area (Å²) in [7, 11) is 0. The topological polar surface area (TPSA) is 106 Å². The van der Waals surface area contributed by atoms with Crippen LogP contribution in [0.5, 0.6) is 0 Å². The fourth-order valence-electron chi connectivity index (χ4n) is 3.21. The molecule has 3 aromatic rings. The summed E-state index contributed by atoms with van der Waals surface area (Å²) >= 11 is 6.46. The van der Waals surface area contributed by atoms with Crippen LogP contribution in [0.15, 0.2) is 42.5 Å². The molecule has 1 amide bonds. The molecule has 3 rings (SSSR count). The Morgan fingerprint density at radius 2 is 1.57 bits per heavy atom. The van der Waals surface area contributed by atoms with Gasteiger partial charge in [0.25, 0.3) is 5.91 Å². The maximum atomic E-state index is 11.6. The van der Waals surface area contributed by atoms with Gasteiger partial charge in [-0.1, -0.05) is 48.0 Å². The number of benzene rings is 2. The smallest absolute Gasteiger partial charge is 0.313 e. The minimum atomic E-state index is -1.04. The van der Waals surface area contributed by atoms with Gasteiger partial charge in [0, 0.05) is 16.1 Å². The lowest BCUT2D eigenvalue weighted by atomic mass is 9.84. The number of halogens is 1. The number of carboxylic acid groups (broad SMARTS) is 1. The second kappa shape index (κ2) is 7.88. The van der Waals surface area contributed by atoms with Crippen molar-refractivity contribution in [2.75, 3.05) is 0 Å². The van der Waals surface area contributed by atoms with Gasteiger partial charge in [-0.15, -0.1) is 0 Å². The molecule has 7 heteroatoms. The lowest BCUT2D eigenvalue weighted by Crippen LogP contribution is -2.28. The van der Waals surface area contributed by atoms with Crippen LogP contribution in [-0.4, -0.2) is 27.0 Å². The predicted octanol–water partition coefficient (Wildman–Crippen LogP) is 4.54. The molecule has 3 N–H and O–H groups in total. The van der Waals surface area contributed by atoms with Crippen molar-refractivity contribution in [3.63, 3.8) is 0 Å². The van der Waals surface area contributed by atoms with E-state index >= 15 is 0 Å². The molecule has 1 aromatic heterocycles. The van der Waals surface area contributed by atoms with Crippen molar-refractivity contribution >= 4 is 23.5 Å². The number of carboxylic acids is 1. The van der Waals surface area contributed by atoms with Crippen LogP contribution in [0.1, 0.15) is 41.3 Å². The fraction of sp³-hybridized carbons (Fsp3) is 0.217. The molecule has 0 atom stereocenters. The Hall–Kier alpha value is -3.25. The van der Waals surface area contributed by atoms with Crippen LogP contribution < -0.4 is 5.73 Å². The molecule has 0 saturated heterocycles. The lowest BCUT2D eigenvalue weighted by Gasteiger charge is -2.20. The van der Waals surface area contributed by atoms with Crippen molar-refractivity contribution in [1.82, 2.24) is 9.97 Å². The zero-order valence-electron chi connectivity index (χ0n) is 17.2. The van der Waals surface area contributed by atoms with E-state index in [-0.39, 0.29) is 5.69 Å². The molecule has 0 unspecified atom stereocenters. The van der Waals surface area contributed by atoms with E-state index in [9.17, 15) is 14.7 Å². The van der Waals surface area contributed by atoms with Gasteiger partial charge >= 0.3 is 5.97 Å². The molecule has 0 spiro atoms. The monoisotopic (exact) mass is 423 g/mol. The van der Waals surface area contributed by atoms with Gasteiger partial charge < -0.3 is 10.8 Å². The van der Waals surface area contributed by atoms with Crippen molar-refractivity contribution in [3.8, 4) is 22.4 Å². The predicted molar refractivity (Wildman–Crippen MR) is 117 cm³/mol. The summed E-state index contributed by atoms with van der Waals surface area (Å²) in [5.74, 6) is -1.53. The molecule has 6 nitrogen and oxygen atoms in total. The van der Waals surface area contributed by atoms with Gasteiger partial charge in [0.1, 0.15) is 5.69 Å². The molecule has 0 fully saturated rings. The van der Waals surface area contributed by atoms with Gasteiger partial charge in [-0.3, -0.25) is 14.6 Å². The highest BCUT2D eigenvalue weighted by molar-refractivity contribution is 6.33. The van der Waals surface area contributed by atoms with Crippen LogP contribution in [0.3, 0.4) is 0 Å². The van der Waals surface area contributed by atoms with Crippen molar-refractivity contribution in [2.45, 2.75) is 33.1 Å². The third-order valence-corrected chi connectivity index (χ3v) is 5.49.